The average Bonchev–Trinajstić information content (AvgIpc) is 2.96. The summed E-state index contributed by atoms with van der Waals surface area (Å²) in [5.41, 5.74) is 5.67. The molecule has 0 spiro atoms. The Hall–Kier alpha value is -2.76. The molecule has 5 rings (SSSR count). The van der Waals surface area contributed by atoms with Crippen molar-refractivity contribution in [1.29, 1.82) is 0 Å². The zero-order valence-corrected chi connectivity index (χ0v) is 19.8. The molecule has 2 unspecified atom stereocenters. The Morgan fingerprint density at radius 1 is 1.00 bits per heavy atom. The summed E-state index contributed by atoms with van der Waals surface area (Å²) in [6.07, 6.45) is 1.19. The van der Waals surface area contributed by atoms with Crippen LogP contribution in [0.4, 0.5) is 11.4 Å². The van der Waals surface area contributed by atoms with E-state index in [1.807, 2.05) is 66.7 Å². The van der Waals surface area contributed by atoms with Crippen LogP contribution in [0.3, 0.4) is 0 Å². The number of ketones is 1. The highest BCUT2D eigenvalue weighted by atomic mass is 79.9. The maximum atomic E-state index is 13.6. The molecule has 0 bridgehead atoms. The molecule has 3 aromatic rings. The number of nitrogens with one attached hydrogen (secondary N) is 2. The molecular weight excluding hydrogens is 488 g/mol. The summed E-state index contributed by atoms with van der Waals surface area (Å²) >= 11 is 9.67. The van der Waals surface area contributed by atoms with Crippen LogP contribution in [0.5, 0.6) is 5.75 Å². The van der Waals surface area contributed by atoms with Crippen molar-refractivity contribution in [3.05, 3.63) is 98.6 Å². The molecule has 4 nitrogen and oxygen atoms in total. The molecule has 0 saturated heterocycles. The normalized spacial score (nSPS) is 19.9. The molecule has 162 valence electrons. The summed E-state index contributed by atoms with van der Waals surface area (Å²) in [6.45, 7) is 0. The molecule has 1 heterocycles. The number of halogens is 2. The van der Waals surface area contributed by atoms with Crippen LogP contribution in [0, 0.1) is 0 Å². The van der Waals surface area contributed by atoms with Crippen molar-refractivity contribution in [2.75, 3.05) is 17.7 Å². The lowest BCUT2D eigenvalue weighted by Crippen LogP contribution is -2.27. The van der Waals surface area contributed by atoms with Crippen molar-refractivity contribution in [1.82, 2.24) is 0 Å². The van der Waals surface area contributed by atoms with E-state index >= 15 is 0 Å². The van der Waals surface area contributed by atoms with Gasteiger partial charge in [-0.2, -0.15) is 0 Å². The molecule has 1 aliphatic carbocycles. The Bertz CT molecular complexity index is 1220. The van der Waals surface area contributed by atoms with Gasteiger partial charge >= 0.3 is 0 Å². The van der Waals surface area contributed by atoms with E-state index in [-0.39, 0.29) is 17.7 Å². The van der Waals surface area contributed by atoms with Crippen LogP contribution in [0.15, 0.2) is 82.5 Å². The van der Waals surface area contributed by atoms with Crippen molar-refractivity contribution in [3.63, 3.8) is 0 Å². The molecule has 6 heteroatoms. The number of ether oxygens (including phenoxy) is 1. The van der Waals surface area contributed by atoms with Crippen LogP contribution in [0.2, 0.25) is 5.02 Å². The quantitative estimate of drug-likeness (QED) is 0.396. The van der Waals surface area contributed by atoms with Crippen molar-refractivity contribution in [2.24, 2.45) is 0 Å². The molecule has 0 aromatic heterocycles. The van der Waals surface area contributed by atoms with Crippen LogP contribution in [0.25, 0.3) is 0 Å². The molecule has 0 radical (unpaired) electrons. The van der Waals surface area contributed by atoms with Crippen molar-refractivity contribution in [2.45, 2.75) is 24.8 Å². The van der Waals surface area contributed by atoms with Crippen molar-refractivity contribution in [3.8, 4) is 5.75 Å². The third-order valence-corrected chi connectivity index (χ3v) is 6.90. The van der Waals surface area contributed by atoms with Crippen molar-refractivity contribution >= 4 is 44.7 Å². The average molecular weight is 510 g/mol. The molecule has 3 aromatic carbocycles. The minimum atomic E-state index is -0.327. The number of carbonyl (C=O) groups is 1. The van der Waals surface area contributed by atoms with Gasteiger partial charge in [0.05, 0.1) is 24.5 Å². The van der Waals surface area contributed by atoms with Gasteiger partial charge in [0, 0.05) is 32.7 Å². The predicted octanol–water partition coefficient (Wildman–Crippen LogP) is 7.09. The van der Waals surface area contributed by atoms with Crippen LogP contribution in [0.1, 0.15) is 35.9 Å². The maximum absolute atomic E-state index is 13.6. The monoisotopic (exact) mass is 508 g/mol. The predicted molar refractivity (Wildman–Crippen MR) is 133 cm³/mol. The second kappa shape index (κ2) is 8.64. The third kappa shape index (κ3) is 3.91. The fourth-order valence-corrected chi connectivity index (χ4v) is 5.13. The van der Waals surface area contributed by atoms with Crippen LogP contribution >= 0.6 is 27.5 Å². The summed E-state index contributed by atoms with van der Waals surface area (Å²) in [4.78, 5) is 13.6. The van der Waals surface area contributed by atoms with Crippen LogP contribution in [-0.4, -0.2) is 12.9 Å². The Balaban J connectivity index is 1.64. The smallest absolute Gasteiger partial charge is 0.163 e. The standard InChI is InChI=1S/C26H22BrClN2O2/c1-32-24-11-8-17(27)14-19(24)26-25-22(29-20-4-2-3-5-21(20)30-26)12-16(13-23(25)31)15-6-9-18(28)10-7-15/h2-11,14,16,26,29-30H,12-13H2,1H3. The molecule has 0 amide bonds. The summed E-state index contributed by atoms with van der Waals surface area (Å²) in [7, 11) is 1.66. The number of rotatable bonds is 3. The van der Waals surface area contributed by atoms with Gasteiger partial charge in [-0.1, -0.05) is 51.8 Å². The first-order chi connectivity index (χ1) is 15.5. The van der Waals surface area contributed by atoms with Crippen molar-refractivity contribution < 1.29 is 9.53 Å². The van der Waals surface area contributed by atoms with E-state index in [1.165, 1.54) is 0 Å². The van der Waals surface area contributed by atoms with Gasteiger partial charge < -0.3 is 15.4 Å². The fourth-order valence-electron chi connectivity index (χ4n) is 4.63. The molecule has 0 fully saturated rings. The molecular formula is C26H22BrClN2O2. The minimum absolute atomic E-state index is 0.0985. The Morgan fingerprint density at radius 2 is 1.75 bits per heavy atom. The first kappa shape index (κ1) is 21.1. The van der Waals surface area contributed by atoms with Gasteiger partial charge in [0.2, 0.25) is 0 Å². The molecule has 2 N–H and O–H groups in total. The lowest BCUT2D eigenvalue weighted by atomic mass is 9.78. The van der Waals surface area contributed by atoms with Gasteiger partial charge in [0.25, 0.3) is 0 Å². The number of fused-ring (bicyclic) bond motifs is 1. The zero-order chi connectivity index (χ0) is 22.2. The maximum Gasteiger partial charge on any atom is 0.163 e. The number of carbonyl (C=O) groups excluding carboxylic acids is 1. The Labute approximate surface area is 200 Å². The summed E-state index contributed by atoms with van der Waals surface area (Å²) in [5, 5.41) is 7.88. The van der Waals surface area contributed by atoms with E-state index in [0.717, 1.165) is 50.4 Å². The molecule has 32 heavy (non-hydrogen) atoms. The largest absolute Gasteiger partial charge is 0.496 e. The highest BCUT2D eigenvalue weighted by Crippen LogP contribution is 2.46. The third-order valence-electron chi connectivity index (χ3n) is 6.15. The van der Waals surface area contributed by atoms with Gasteiger partial charge in [-0.3, -0.25) is 4.79 Å². The van der Waals surface area contributed by atoms with E-state index in [2.05, 4.69) is 26.6 Å². The molecule has 0 saturated carbocycles. The number of Topliss-reactive ketones (excluding diaryl/α,β-unsaturated/α-hetero) is 1. The minimum Gasteiger partial charge on any atom is -0.496 e. The van der Waals surface area contributed by atoms with E-state index in [4.69, 9.17) is 16.3 Å². The van der Waals surface area contributed by atoms with E-state index < -0.39 is 0 Å². The first-order valence-electron chi connectivity index (χ1n) is 10.5. The van der Waals surface area contributed by atoms with Gasteiger partial charge in [-0.25, -0.2) is 0 Å². The highest BCUT2D eigenvalue weighted by molar-refractivity contribution is 9.10. The summed E-state index contributed by atoms with van der Waals surface area (Å²) in [5.74, 6) is 0.969. The number of allylic oxidation sites excluding steroid dienone is 1. The zero-order valence-electron chi connectivity index (χ0n) is 17.5. The highest BCUT2D eigenvalue weighted by Gasteiger charge is 2.37. The van der Waals surface area contributed by atoms with E-state index in [9.17, 15) is 4.79 Å². The number of anilines is 2. The van der Waals surface area contributed by atoms with E-state index in [1.54, 1.807) is 7.11 Å². The van der Waals surface area contributed by atoms with Gasteiger partial charge in [0.15, 0.2) is 5.78 Å². The lowest BCUT2D eigenvalue weighted by molar-refractivity contribution is -0.116. The summed E-state index contributed by atoms with van der Waals surface area (Å²) < 4.78 is 6.61. The number of para-hydroxylation sites is 2. The topological polar surface area (TPSA) is 50.4 Å². The van der Waals surface area contributed by atoms with Gasteiger partial charge in [-0.15, -0.1) is 0 Å². The number of hydrogen-bond donors (Lipinski definition) is 2. The SMILES string of the molecule is COc1ccc(Br)cc1C1Nc2ccccc2NC2=C1C(=O)CC(c1ccc(Cl)cc1)C2. The summed E-state index contributed by atoms with van der Waals surface area (Å²) in [6, 6.07) is 21.4. The molecule has 1 aliphatic heterocycles. The second-order valence-corrected chi connectivity index (χ2v) is 9.46. The second-order valence-electron chi connectivity index (χ2n) is 8.11. The lowest BCUT2D eigenvalue weighted by Gasteiger charge is -2.30. The number of benzene rings is 3. The van der Waals surface area contributed by atoms with Gasteiger partial charge in [-0.05, 0) is 60.4 Å². The molecule has 2 atom stereocenters. The Kier molecular flexibility index (Phi) is 5.70. The van der Waals surface area contributed by atoms with Crippen LogP contribution in [-0.2, 0) is 4.79 Å². The van der Waals surface area contributed by atoms with Gasteiger partial charge in [0.1, 0.15) is 5.75 Å². The Morgan fingerprint density at radius 3 is 2.50 bits per heavy atom. The number of methoxy groups -OCH3 is 1. The fraction of sp³-hybridized carbons (Fsp3) is 0.192. The molecule has 2 aliphatic rings. The first-order valence-corrected chi connectivity index (χ1v) is 11.7. The van der Waals surface area contributed by atoms with E-state index in [0.29, 0.717) is 11.4 Å². The van der Waals surface area contributed by atoms with Crippen LogP contribution < -0.4 is 15.4 Å². The number of hydrogen-bond acceptors (Lipinski definition) is 4.